The molecule has 2 aromatic rings. The molecule has 0 fully saturated rings. The second-order valence-electron chi connectivity index (χ2n) is 4.05. The third-order valence-corrected chi connectivity index (χ3v) is 4.39. The second-order valence-corrected chi connectivity index (χ2v) is 6.65. The molecule has 1 N–H and O–H groups in total. The quantitative estimate of drug-likeness (QED) is 0.921. The van der Waals surface area contributed by atoms with Gasteiger partial charge >= 0.3 is 0 Å². The zero-order chi connectivity index (χ0) is 14.8. The molecule has 2 rings (SSSR count). The Labute approximate surface area is 125 Å². The number of benzene rings is 1. The van der Waals surface area contributed by atoms with Crippen LogP contribution in [0.5, 0.6) is 0 Å². The van der Waals surface area contributed by atoms with Crippen LogP contribution in [-0.4, -0.2) is 13.4 Å². The van der Waals surface area contributed by atoms with Gasteiger partial charge < -0.3 is 0 Å². The Kier molecular flexibility index (Phi) is 4.06. The SMILES string of the molecule is Cc1cccc(NS(=O)(=O)c2cncc(Br)c2)c1C#N. The van der Waals surface area contributed by atoms with E-state index in [4.69, 9.17) is 5.26 Å². The van der Waals surface area contributed by atoms with Gasteiger partial charge in [-0.1, -0.05) is 12.1 Å². The fourth-order valence-corrected chi connectivity index (χ4v) is 3.22. The summed E-state index contributed by atoms with van der Waals surface area (Å²) in [5.41, 5.74) is 1.27. The molecule has 0 saturated carbocycles. The van der Waals surface area contributed by atoms with Crippen LogP contribution in [0.2, 0.25) is 0 Å². The fourth-order valence-electron chi connectivity index (χ4n) is 1.64. The largest absolute Gasteiger partial charge is 0.278 e. The van der Waals surface area contributed by atoms with Crippen LogP contribution in [0.1, 0.15) is 11.1 Å². The number of aryl methyl sites for hydroxylation is 1. The maximum atomic E-state index is 12.3. The van der Waals surface area contributed by atoms with Gasteiger partial charge in [0.2, 0.25) is 0 Å². The lowest BCUT2D eigenvalue weighted by Crippen LogP contribution is -2.14. The van der Waals surface area contributed by atoms with E-state index in [1.54, 1.807) is 25.1 Å². The van der Waals surface area contributed by atoms with Crippen molar-refractivity contribution in [3.63, 3.8) is 0 Å². The van der Waals surface area contributed by atoms with E-state index in [9.17, 15) is 8.42 Å². The van der Waals surface area contributed by atoms with Crippen LogP contribution < -0.4 is 4.72 Å². The highest BCUT2D eigenvalue weighted by molar-refractivity contribution is 9.10. The predicted octanol–water partition coefficient (Wildman–Crippen LogP) is 2.83. The van der Waals surface area contributed by atoms with Crippen molar-refractivity contribution < 1.29 is 8.42 Å². The number of nitrogens with zero attached hydrogens (tertiary/aromatic N) is 2. The maximum absolute atomic E-state index is 12.3. The fraction of sp³-hybridized carbons (Fsp3) is 0.0769. The molecule has 0 unspecified atom stereocenters. The average Bonchev–Trinajstić information content (AvgIpc) is 2.38. The van der Waals surface area contributed by atoms with Gasteiger partial charge in [0.15, 0.2) is 0 Å². The first kappa shape index (κ1) is 14.5. The van der Waals surface area contributed by atoms with Crippen molar-refractivity contribution in [3.05, 3.63) is 52.3 Å². The lowest BCUT2D eigenvalue weighted by molar-refractivity contribution is 0.600. The van der Waals surface area contributed by atoms with E-state index in [2.05, 4.69) is 25.6 Å². The topological polar surface area (TPSA) is 82.8 Å². The third-order valence-electron chi connectivity index (χ3n) is 2.62. The van der Waals surface area contributed by atoms with Crippen LogP contribution in [0.15, 0.2) is 46.0 Å². The summed E-state index contributed by atoms with van der Waals surface area (Å²) in [6.45, 7) is 1.75. The minimum Gasteiger partial charge on any atom is -0.278 e. The molecule has 7 heteroatoms. The first-order valence-electron chi connectivity index (χ1n) is 5.57. The second kappa shape index (κ2) is 5.61. The van der Waals surface area contributed by atoms with E-state index in [1.807, 2.05) is 6.07 Å². The first-order chi connectivity index (χ1) is 9.44. The minimum atomic E-state index is -3.78. The molecule has 5 nitrogen and oxygen atoms in total. The van der Waals surface area contributed by atoms with E-state index in [-0.39, 0.29) is 10.6 Å². The van der Waals surface area contributed by atoms with Gasteiger partial charge in [-0.25, -0.2) is 8.42 Å². The van der Waals surface area contributed by atoms with E-state index >= 15 is 0 Å². The maximum Gasteiger partial charge on any atom is 0.263 e. The summed E-state index contributed by atoms with van der Waals surface area (Å²) in [5, 5.41) is 9.11. The number of sulfonamides is 1. The molecule has 1 aromatic carbocycles. The monoisotopic (exact) mass is 351 g/mol. The number of nitrogens with one attached hydrogen (secondary N) is 1. The van der Waals surface area contributed by atoms with Crippen molar-refractivity contribution in [3.8, 4) is 6.07 Å². The number of anilines is 1. The Bertz CT molecular complexity index is 798. The van der Waals surface area contributed by atoms with Gasteiger partial charge in [0.05, 0.1) is 11.3 Å². The number of pyridine rings is 1. The molecule has 0 saturated heterocycles. The lowest BCUT2D eigenvalue weighted by Gasteiger charge is -2.10. The molecule has 0 atom stereocenters. The molecule has 0 aliphatic carbocycles. The normalized spacial score (nSPS) is 10.8. The van der Waals surface area contributed by atoms with Crippen LogP contribution >= 0.6 is 15.9 Å². The highest BCUT2D eigenvalue weighted by atomic mass is 79.9. The number of aromatic nitrogens is 1. The molecular formula is C13H10BrN3O2S. The number of halogens is 1. The average molecular weight is 352 g/mol. The third kappa shape index (κ3) is 2.98. The van der Waals surface area contributed by atoms with E-state index in [1.165, 1.54) is 18.5 Å². The van der Waals surface area contributed by atoms with Crippen molar-refractivity contribution in [2.24, 2.45) is 0 Å². The molecule has 20 heavy (non-hydrogen) atoms. The van der Waals surface area contributed by atoms with Gasteiger partial charge in [-0.3, -0.25) is 9.71 Å². The Morgan fingerprint density at radius 3 is 2.75 bits per heavy atom. The number of nitriles is 1. The van der Waals surface area contributed by atoms with E-state index in [0.29, 0.717) is 15.6 Å². The Morgan fingerprint density at radius 2 is 2.10 bits per heavy atom. The summed E-state index contributed by atoms with van der Waals surface area (Å²) < 4.78 is 27.5. The van der Waals surface area contributed by atoms with Crippen LogP contribution in [0.3, 0.4) is 0 Å². The first-order valence-corrected chi connectivity index (χ1v) is 7.85. The number of rotatable bonds is 3. The Morgan fingerprint density at radius 1 is 1.35 bits per heavy atom. The molecular weight excluding hydrogens is 342 g/mol. The van der Waals surface area contributed by atoms with Crippen LogP contribution in [0.4, 0.5) is 5.69 Å². The molecule has 1 aromatic heterocycles. The Balaban J connectivity index is 2.45. The molecule has 0 radical (unpaired) electrons. The summed E-state index contributed by atoms with van der Waals surface area (Å²) in [7, 11) is -3.78. The standard InChI is InChI=1S/C13H10BrN3O2S/c1-9-3-2-4-13(12(9)6-15)17-20(18,19)11-5-10(14)7-16-8-11/h2-5,7-8,17H,1H3. The summed E-state index contributed by atoms with van der Waals surface area (Å²) in [5.74, 6) is 0. The summed E-state index contributed by atoms with van der Waals surface area (Å²) in [4.78, 5) is 3.85. The molecule has 0 aliphatic heterocycles. The zero-order valence-electron chi connectivity index (χ0n) is 10.5. The van der Waals surface area contributed by atoms with Gasteiger partial charge in [0.25, 0.3) is 10.0 Å². The highest BCUT2D eigenvalue weighted by Crippen LogP contribution is 2.23. The molecule has 1 heterocycles. The minimum absolute atomic E-state index is 0.0253. The molecule has 102 valence electrons. The zero-order valence-corrected chi connectivity index (χ0v) is 12.9. The molecule has 0 spiro atoms. The number of hydrogen-bond acceptors (Lipinski definition) is 4. The highest BCUT2D eigenvalue weighted by Gasteiger charge is 2.17. The summed E-state index contributed by atoms with van der Waals surface area (Å²) in [6.07, 6.45) is 2.74. The van der Waals surface area contributed by atoms with Crippen molar-refractivity contribution in [1.82, 2.24) is 4.98 Å². The molecule has 0 bridgehead atoms. The van der Waals surface area contributed by atoms with Crippen LogP contribution in [-0.2, 0) is 10.0 Å². The van der Waals surface area contributed by atoms with Gasteiger partial charge in [-0.05, 0) is 40.5 Å². The smallest absolute Gasteiger partial charge is 0.263 e. The molecule has 0 amide bonds. The van der Waals surface area contributed by atoms with Gasteiger partial charge in [-0.15, -0.1) is 0 Å². The van der Waals surface area contributed by atoms with E-state index < -0.39 is 10.0 Å². The van der Waals surface area contributed by atoms with Gasteiger partial charge in [-0.2, -0.15) is 5.26 Å². The van der Waals surface area contributed by atoms with Crippen molar-refractivity contribution >= 4 is 31.6 Å². The predicted molar refractivity (Wildman–Crippen MR) is 78.6 cm³/mol. The van der Waals surface area contributed by atoms with Crippen molar-refractivity contribution in [2.75, 3.05) is 4.72 Å². The van der Waals surface area contributed by atoms with Crippen LogP contribution in [0, 0.1) is 18.3 Å². The van der Waals surface area contributed by atoms with Crippen molar-refractivity contribution in [2.45, 2.75) is 11.8 Å². The Hall–Kier alpha value is -1.91. The molecule has 0 aliphatic rings. The van der Waals surface area contributed by atoms with Crippen LogP contribution in [0.25, 0.3) is 0 Å². The van der Waals surface area contributed by atoms with E-state index in [0.717, 1.165) is 0 Å². The van der Waals surface area contributed by atoms with Gasteiger partial charge in [0.1, 0.15) is 11.0 Å². The lowest BCUT2D eigenvalue weighted by atomic mass is 10.1. The summed E-state index contributed by atoms with van der Waals surface area (Å²) >= 11 is 3.17. The number of hydrogen-bond donors (Lipinski definition) is 1. The van der Waals surface area contributed by atoms with Crippen molar-refractivity contribution in [1.29, 1.82) is 5.26 Å². The van der Waals surface area contributed by atoms with Gasteiger partial charge in [0, 0.05) is 16.9 Å². The summed E-state index contributed by atoms with van der Waals surface area (Å²) in [6, 6.07) is 8.42.